The molecule has 1 unspecified atom stereocenters. The first kappa shape index (κ1) is 40.0. The van der Waals surface area contributed by atoms with E-state index >= 15 is 0 Å². The van der Waals surface area contributed by atoms with Gasteiger partial charge >= 0.3 is 15.6 Å². The van der Waals surface area contributed by atoms with Gasteiger partial charge in [-0.3, -0.25) is 27.1 Å². The van der Waals surface area contributed by atoms with Crippen molar-refractivity contribution in [3.8, 4) is 0 Å². The van der Waals surface area contributed by atoms with Crippen LogP contribution in [0.3, 0.4) is 0 Å². The van der Waals surface area contributed by atoms with Gasteiger partial charge in [-0.15, -0.1) is 0 Å². The molecular weight excluding hydrogens is 776 g/mol. The summed E-state index contributed by atoms with van der Waals surface area (Å²) in [5.74, 6) is -0.112. The van der Waals surface area contributed by atoms with Gasteiger partial charge in [-0.2, -0.15) is 9.97 Å². The van der Waals surface area contributed by atoms with Gasteiger partial charge in [-0.1, -0.05) is 121 Å². The molecule has 0 saturated heterocycles. The van der Waals surface area contributed by atoms with Crippen LogP contribution in [0.25, 0.3) is 11.2 Å². The molecule has 16 heteroatoms. The molecular formula is C40H42ClN5O8P2. The maximum Gasteiger partial charge on any atom is 0.475 e. The number of nitrogens with one attached hydrogen (secondary N) is 1. The quantitative estimate of drug-likeness (QED) is 0.0546. The van der Waals surface area contributed by atoms with Crippen molar-refractivity contribution in [2.45, 2.75) is 33.0 Å². The molecule has 0 radical (unpaired) electrons. The summed E-state index contributed by atoms with van der Waals surface area (Å²) in [6.45, 7) is 0.461. The normalized spacial score (nSPS) is 16.9. The Kier molecular flexibility index (Phi) is 13.4. The van der Waals surface area contributed by atoms with E-state index in [2.05, 4.69) is 20.3 Å². The monoisotopic (exact) mass is 817 g/mol. The fraction of sp³-hybridized carbons (Fsp3) is 0.275. The van der Waals surface area contributed by atoms with Crippen molar-refractivity contribution < 1.29 is 36.3 Å². The molecule has 2 heterocycles. The number of halogens is 1. The lowest BCUT2D eigenvalue weighted by molar-refractivity contribution is 0.0885. The third kappa shape index (κ3) is 10.8. The predicted octanol–water partition coefficient (Wildman–Crippen LogP) is 9.50. The van der Waals surface area contributed by atoms with Gasteiger partial charge in [0, 0.05) is 13.6 Å². The van der Waals surface area contributed by atoms with Crippen LogP contribution < -0.4 is 5.32 Å². The molecule has 0 aliphatic heterocycles. The van der Waals surface area contributed by atoms with Gasteiger partial charge in [0.25, 0.3) is 0 Å². The second kappa shape index (κ2) is 18.8. The van der Waals surface area contributed by atoms with Gasteiger partial charge < -0.3 is 9.88 Å². The first-order valence-electron chi connectivity index (χ1n) is 18.1. The van der Waals surface area contributed by atoms with Crippen LogP contribution in [-0.4, -0.2) is 39.8 Å². The number of aromatic nitrogens is 4. The summed E-state index contributed by atoms with van der Waals surface area (Å²) in [4.78, 5) is 13.2. The molecule has 4 aromatic carbocycles. The lowest BCUT2D eigenvalue weighted by Gasteiger charge is -2.19. The number of phosphoric ester groups is 2. The summed E-state index contributed by atoms with van der Waals surface area (Å²) in [7, 11) is -6.46. The zero-order chi connectivity index (χ0) is 38.8. The lowest BCUT2D eigenvalue weighted by atomic mass is 10.2. The van der Waals surface area contributed by atoms with Crippen LogP contribution in [0.1, 0.15) is 22.3 Å². The molecule has 1 fully saturated rings. The molecule has 1 aliphatic carbocycles. The number of hydrogen-bond donors (Lipinski definition) is 1. The van der Waals surface area contributed by atoms with Crippen LogP contribution in [0.2, 0.25) is 5.28 Å². The molecule has 56 heavy (non-hydrogen) atoms. The molecule has 292 valence electrons. The molecule has 6 aromatic rings. The maximum atomic E-state index is 14.2. The van der Waals surface area contributed by atoms with Gasteiger partial charge in [0.05, 0.1) is 46.0 Å². The minimum atomic E-state index is -4.10. The zero-order valence-electron chi connectivity index (χ0n) is 30.6. The van der Waals surface area contributed by atoms with Gasteiger partial charge in [0.1, 0.15) is 0 Å². The number of phosphoric acid groups is 2. The third-order valence-corrected chi connectivity index (χ3v) is 12.2. The minimum Gasteiger partial charge on any atom is -0.371 e. The topological polar surface area (TPSA) is 145 Å². The lowest BCUT2D eigenvalue weighted by Crippen LogP contribution is -2.07. The molecule has 13 nitrogen and oxygen atoms in total. The fourth-order valence-corrected chi connectivity index (χ4v) is 8.78. The summed E-state index contributed by atoms with van der Waals surface area (Å²) in [5, 5.41) is 3.08. The predicted molar refractivity (Wildman–Crippen MR) is 212 cm³/mol. The number of fused-ring (bicyclic) bond motifs is 1. The van der Waals surface area contributed by atoms with Crippen molar-refractivity contribution in [2.24, 2.45) is 17.8 Å². The molecule has 1 aliphatic rings. The SMILES string of the molecule is CNc1nc(Cl)nc2c1ncn2CC1[C@@H](COP(=O)(OCc2ccccc2)OCc2ccccc2)[C@H]1COP(=O)(OCc1ccccc1)OCc1ccccc1. The molecule has 7 rings (SSSR count). The van der Waals surface area contributed by atoms with E-state index in [0.717, 1.165) is 22.3 Å². The van der Waals surface area contributed by atoms with E-state index in [-0.39, 0.29) is 62.7 Å². The number of rotatable bonds is 21. The van der Waals surface area contributed by atoms with E-state index in [1.54, 1.807) is 13.4 Å². The highest BCUT2D eigenvalue weighted by atomic mass is 35.5. The van der Waals surface area contributed by atoms with E-state index in [1.807, 2.05) is 126 Å². The molecule has 1 saturated carbocycles. The third-order valence-electron chi connectivity index (χ3n) is 9.37. The van der Waals surface area contributed by atoms with Crippen LogP contribution in [-0.2, 0) is 69.2 Å². The van der Waals surface area contributed by atoms with Crippen molar-refractivity contribution in [2.75, 3.05) is 25.6 Å². The molecule has 1 N–H and O–H groups in total. The Hall–Kier alpha value is -4.26. The maximum absolute atomic E-state index is 14.2. The smallest absolute Gasteiger partial charge is 0.371 e. The number of benzene rings is 4. The van der Waals surface area contributed by atoms with E-state index in [0.29, 0.717) is 23.5 Å². The summed E-state index contributed by atoms with van der Waals surface area (Å²) in [6.07, 6.45) is 1.67. The summed E-state index contributed by atoms with van der Waals surface area (Å²) in [5.41, 5.74) is 4.33. The van der Waals surface area contributed by atoms with E-state index in [4.69, 9.17) is 38.7 Å². The molecule has 0 bridgehead atoms. The number of imidazole rings is 1. The second-order valence-corrected chi connectivity index (χ2v) is 16.9. The van der Waals surface area contributed by atoms with Crippen molar-refractivity contribution in [1.82, 2.24) is 19.5 Å². The summed E-state index contributed by atoms with van der Waals surface area (Å²) in [6, 6.07) is 37.5. The molecule has 2 aromatic heterocycles. The van der Waals surface area contributed by atoms with Crippen LogP contribution in [0, 0.1) is 17.8 Å². The van der Waals surface area contributed by atoms with Crippen molar-refractivity contribution in [3.05, 3.63) is 155 Å². The van der Waals surface area contributed by atoms with Crippen molar-refractivity contribution in [1.29, 1.82) is 0 Å². The summed E-state index contributed by atoms with van der Waals surface area (Å²) >= 11 is 6.28. The number of nitrogens with zero attached hydrogens (tertiary/aromatic N) is 4. The largest absolute Gasteiger partial charge is 0.475 e. The highest BCUT2D eigenvalue weighted by Gasteiger charge is 2.52. The molecule has 3 atom stereocenters. The first-order chi connectivity index (χ1) is 27.3. The van der Waals surface area contributed by atoms with E-state index in [9.17, 15) is 9.13 Å². The Bertz CT molecular complexity index is 2050. The first-order valence-corrected chi connectivity index (χ1v) is 21.4. The number of hydrogen-bond acceptors (Lipinski definition) is 12. The van der Waals surface area contributed by atoms with Gasteiger partial charge in [0.2, 0.25) is 5.28 Å². The highest BCUT2D eigenvalue weighted by molar-refractivity contribution is 7.48. The average molecular weight is 818 g/mol. The van der Waals surface area contributed by atoms with Crippen LogP contribution in [0.15, 0.2) is 128 Å². The fourth-order valence-electron chi connectivity index (χ4n) is 6.23. The Labute approximate surface area is 330 Å². The number of anilines is 1. The Balaban J connectivity index is 1.10. The highest BCUT2D eigenvalue weighted by Crippen LogP contribution is 2.58. The second-order valence-electron chi connectivity index (χ2n) is 13.2. The van der Waals surface area contributed by atoms with Gasteiger partial charge in [-0.25, -0.2) is 14.1 Å². The van der Waals surface area contributed by atoms with E-state index < -0.39 is 15.6 Å². The minimum absolute atomic E-state index is 0.0102. The van der Waals surface area contributed by atoms with Crippen LogP contribution >= 0.6 is 27.2 Å². The van der Waals surface area contributed by atoms with Gasteiger partial charge in [-0.05, 0) is 51.6 Å². The van der Waals surface area contributed by atoms with Crippen LogP contribution in [0.4, 0.5) is 5.82 Å². The standard InChI is InChI=1S/C40H42ClN5O8P2/c1-42-38-37-39(45-40(41)44-38)46(29-43-37)22-34-35(27-53-55(47,49-23-30-14-6-2-7-15-30)50-24-31-16-8-3-9-17-31)36(34)28-54-56(48,51-25-32-18-10-4-11-19-32)52-26-33-20-12-5-13-21-33/h2-21,29,34-36H,22-28H2,1H3,(H,42,44,45)/t34?,35-,36+. The zero-order valence-corrected chi connectivity index (χ0v) is 33.2. The summed E-state index contributed by atoms with van der Waals surface area (Å²) < 4.78 is 66.1. The Morgan fingerprint density at radius 1 is 0.589 bits per heavy atom. The molecule has 0 amide bonds. The van der Waals surface area contributed by atoms with Gasteiger partial charge in [0.15, 0.2) is 17.0 Å². The Morgan fingerprint density at radius 2 is 0.982 bits per heavy atom. The van der Waals surface area contributed by atoms with Crippen molar-refractivity contribution in [3.63, 3.8) is 0 Å². The molecule has 0 spiro atoms. The average Bonchev–Trinajstić information content (AvgIpc) is 3.75. The van der Waals surface area contributed by atoms with Crippen LogP contribution in [0.5, 0.6) is 0 Å². The van der Waals surface area contributed by atoms with Crippen molar-refractivity contribution >= 4 is 44.2 Å². The van der Waals surface area contributed by atoms with E-state index in [1.165, 1.54) is 0 Å². The Morgan fingerprint density at radius 3 is 1.36 bits per heavy atom.